The Morgan fingerprint density at radius 3 is 2.31 bits per heavy atom. The third-order valence-corrected chi connectivity index (χ3v) is 6.60. The molecule has 13 heavy (non-hydrogen) atoms. The van der Waals surface area contributed by atoms with Gasteiger partial charge in [0.15, 0.2) is 6.42 Å². The van der Waals surface area contributed by atoms with Crippen molar-refractivity contribution >= 4 is 42.4 Å². The highest BCUT2D eigenvalue weighted by Crippen LogP contribution is 2.39. The molecule has 0 amide bonds. The Kier molecular flexibility index (Phi) is 4.20. The molecule has 1 aromatic rings. The maximum absolute atomic E-state index is 9.77. The van der Waals surface area contributed by atoms with E-state index in [2.05, 4.69) is 16.7 Å². The minimum absolute atomic E-state index is 0.617. The van der Waals surface area contributed by atoms with Gasteiger partial charge in [0.2, 0.25) is 0 Å². The van der Waals surface area contributed by atoms with Gasteiger partial charge in [-0.2, -0.15) is 0 Å². The van der Waals surface area contributed by atoms with Crippen LogP contribution in [0.3, 0.4) is 0 Å². The summed E-state index contributed by atoms with van der Waals surface area (Å²) in [6.45, 7) is 0. The van der Waals surface area contributed by atoms with E-state index < -0.39 is 13.5 Å². The maximum Gasteiger partial charge on any atom is 0.162 e. The molecule has 1 rings (SSSR count). The molecule has 0 saturated heterocycles. The molecule has 0 aromatic heterocycles. The Bertz CT molecular complexity index is 357. The quantitative estimate of drug-likeness (QED) is 0.692. The largest absolute Gasteiger partial charge is 0.356 e. The number of hydrogen-bond donors (Lipinski definition) is 3. The monoisotopic (exact) mass is 253 g/mol. The van der Waals surface area contributed by atoms with Crippen molar-refractivity contribution in [1.29, 1.82) is 0 Å². The summed E-state index contributed by atoms with van der Waals surface area (Å²) in [5.41, 5.74) is 0. The predicted molar refractivity (Wildman–Crippen MR) is 63.6 cm³/mol. The molecule has 7 heteroatoms. The molecule has 3 N–H and O–H groups in total. The average molecular weight is 253 g/mol. The minimum atomic E-state index is -2.83. The molecule has 0 aliphatic carbocycles. The zero-order valence-corrected chi connectivity index (χ0v) is 10.1. The van der Waals surface area contributed by atoms with Crippen molar-refractivity contribution in [1.82, 2.24) is 4.86 Å². The van der Waals surface area contributed by atoms with Crippen LogP contribution in [0, 0.1) is 0 Å². The zero-order valence-electron chi connectivity index (χ0n) is 6.54. The molecule has 3 nitrogen and oxygen atoms in total. The van der Waals surface area contributed by atoms with Crippen molar-refractivity contribution in [2.75, 3.05) is 0 Å². The first-order valence-corrected chi connectivity index (χ1v) is 8.75. The zero-order chi connectivity index (χ0) is 9.90. The molecule has 0 aliphatic rings. The number of rotatable bonds is 3. The smallest absolute Gasteiger partial charge is 0.162 e. The third kappa shape index (κ3) is 3.56. The van der Waals surface area contributed by atoms with Crippen LogP contribution >= 0.6 is 13.5 Å². The first-order chi connectivity index (χ1) is 6.02. The summed E-state index contributed by atoms with van der Waals surface area (Å²) in [6.07, 6.45) is -2.83. The fourth-order valence-corrected chi connectivity index (χ4v) is 5.81. The highest BCUT2D eigenvalue weighted by Gasteiger charge is 2.14. The van der Waals surface area contributed by atoms with E-state index in [0.29, 0.717) is 5.30 Å². The van der Waals surface area contributed by atoms with Crippen LogP contribution in [0.2, 0.25) is 0 Å². The van der Waals surface area contributed by atoms with E-state index in [1.807, 2.05) is 6.07 Å². The van der Waals surface area contributed by atoms with Crippen LogP contribution in [-0.4, -0.2) is 9.79 Å². The average Bonchev–Trinajstić information content (AvgIpc) is 2.04. The Balaban J connectivity index is 2.95. The fourth-order valence-electron chi connectivity index (χ4n) is 0.824. The molecule has 0 heterocycles. The van der Waals surface area contributed by atoms with Crippen molar-refractivity contribution in [3.05, 3.63) is 30.3 Å². The normalized spacial score (nSPS) is 17.7. The van der Waals surface area contributed by atoms with Gasteiger partial charge in [0, 0.05) is 5.30 Å². The maximum atomic E-state index is 9.77. The SMILES string of the molecule is O[PH](=S)NP(O)(=S)c1ccccc1. The molecule has 0 fully saturated rings. The Labute approximate surface area is 87.5 Å². The Hall–Kier alpha value is 0.400. The van der Waals surface area contributed by atoms with Gasteiger partial charge in [-0.3, -0.25) is 0 Å². The summed E-state index contributed by atoms with van der Waals surface area (Å²) in [7, 11) is -2.11. The summed E-state index contributed by atoms with van der Waals surface area (Å²) in [4.78, 5) is 21.2. The lowest BCUT2D eigenvalue weighted by atomic mass is 10.4. The second-order valence-electron chi connectivity index (χ2n) is 2.33. The van der Waals surface area contributed by atoms with E-state index in [9.17, 15) is 4.89 Å². The molecule has 72 valence electrons. The van der Waals surface area contributed by atoms with Crippen LogP contribution in [-0.2, 0) is 23.6 Å². The van der Waals surface area contributed by atoms with Gasteiger partial charge < -0.3 is 9.79 Å². The van der Waals surface area contributed by atoms with Crippen molar-refractivity contribution in [2.45, 2.75) is 0 Å². The van der Waals surface area contributed by atoms with Gasteiger partial charge in [0.1, 0.15) is 7.07 Å². The van der Waals surface area contributed by atoms with Crippen molar-refractivity contribution < 1.29 is 9.79 Å². The minimum Gasteiger partial charge on any atom is -0.356 e. The fraction of sp³-hybridized carbons (Fsp3) is 0. The number of nitrogens with one attached hydrogen (secondary N) is 1. The number of benzene rings is 1. The van der Waals surface area contributed by atoms with Crippen molar-refractivity contribution in [3.63, 3.8) is 0 Å². The van der Waals surface area contributed by atoms with E-state index in [1.165, 1.54) is 0 Å². The van der Waals surface area contributed by atoms with Crippen LogP contribution in [0.4, 0.5) is 0 Å². The van der Waals surface area contributed by atoms with Crippen molar-refractivity contribution in [2.24, 2.45) is 0 Å². The van der Waals surface area contributed by atoms with E-state index in [4.69, 9.17) is 16.7 Å². The van der Waals surface area contributed by atoms with Crippen molar-refractivity contribution in [3.8, 4) is 0 Å². The van der Waals surface area contributed by atoms with Crippen LogP contribution in [0.25, 0.3) is 0 Å². The number of hydrogen-bond acceptors (Lipinski definition) is 2. The summed E-state index contributed by atoms with van der Waals surface area (Å²) in [5.74, 6) is 0. The lowest BCUT2D eigenvalue weighted by molar-refractivity contribution is 0.615. The third-order valence-electron chi connectivity index (χ3n) is 1.35. The van der Waals surface area contributed by atoms with Gasteiger partial charge in [-0.1, -0.05) is 42.1 Å². The molecule has 2 unspecified atom stereocenters. The highest BCUT2D eigenvalue weighted by atomic mass is 32.5. The molecular weight excluding hydrogens is 244 g/mol. The molecule has 0 bridgehead atoms. The summed E-state index contributed by atoms with van der Waals surface area (Å²) < 4.78 is 0. The molecule has 2 atom stereocenters. The van der Waals surface area contributed by atoms with Gasteiger partial charge in [-0.25, -0.2) is 4.86 Å². The lowest BCUT2D eigenvalue weighted by Gasteiger charge is -2.15. The summed E-state index contributed by atoms with van der Waals surface area (Å²) >= 11 is 9.51. The van der Waals surface area contributed by atoms with Gasteiger partial charge >= 0.3 is 0 Å². The molecule has 0 saturated carbocycles. The van der Waals surface area contributed by atoms with Crippen LogP contribution in [0.5, 0.6) is 0 Å². The molecule has 0 radical (unpaired) electrons. The van der Waals surface area contributed by atoms with Crippen LogP contribution in [0.15, 0.2) is 30.3 Å². The predicted octanol–water partition coefficient (Wildman–Crippen LogP) is 0.702. The van der Waals surface area contributed by atoms with E-state index >= 15 is 0 Å². The topological polar surface area (TPSA) is 52.5 Å². The summed E-state index contributed by atoms with van der Waals surface area (Å²) in [6, 6.07) is 8.82. The molecule has 0 spiro atoms. The summed E-state index contributed by atoms with van der Waals surface area (Å²) in [5, 5.41) is 0.617. The standard InChI is InChI=1S/C6H9NO2P2S2/c8-10(12)7-11(9,13)6-4-2-1-3-5-6/h1-5,10H,(H3,7,8,9,12,13). The van der Waals surface area contributed by atoms with Crippen LogP contribution < -0.4 is 10.2 Å². The van der Waals surface area contributed by atoms with E-state index in [0.717, 1.165) is 0 Å². The molecule has 0 aliphatic heterocycles. The first-order valence-electron chi connectivity index (χ1n) is 3.42. The Morgan fingerprint density at radius 1 is 1.31 bits per heavy atom. The van der Waals surface area contributed by atoms with Gasteiger partial charge in [-0.05, 0) is 11.8 Å². The van der Waals surface area contributed by atoms with Gasteiger partial charge in [0.25, 0.3) is 0 Å². The Morgan fingerprint density at radius 2 is 1.85 bits per heavy atom. The highest BCUT2D eigenvalue weighted by molar-refractivity contribution is 8.18. The van der Waals surface area contributed by atoms with Crippen LogP contribution in [0.1, 0.15) is 0 Å². The lowest BCUT2D eigenvalue weighted by Crippen LogP contribution is -2.12. The molecular formula is C6H9NO2P2S2. The molecule has 1 aromatic carbocycles. The second kappa shape index (κ2) is 4.76. The van der Waals surface area contributed by atoms with Gasteiger partial charge in [0.05, 0.1) is 0 Å². The van der Waals surface area contributed by atoms with E-state index in [1.54, 1.807) is 24.3 Å². The first kappa shape index (κ1) is 11.5. The van der Waals surface area contributed by atoms with E-state index in [-0.39, 0.29) is 0 Å². The van der Waals surface area contributed by atoms with Gasteiger partial charge in [-0.15, -0.1) is 0 Å². The second-order valence-corrected chi connectivity index (χ2v) is 8.25.